The summed E-state index contributed by atoms with van der Waals surface area (Å²) in [5, 5.41) is 0. The van der Waals surface area contributed by atoms with Crippen molar-refractivity contribution in [3.05, 3.63) is 0 Å². The molecule has 2 atom stereocenters. The molecule has 0 saturated heterocycles. The van der Waals surface area contributed by atoms with Crippen molar-refractivity contribution in [2.75, 3.05) is 13.2 Å². The second kappa shape index (κ2) is 9.78. The van der Waals surface area contributed by atoms with E-state index in [9.17, 15) is 9.59 Å². The minimum absolute atomic E-state index is 0.278. The van der Waals surface area contributed by atoms with Crippen LogP contribution in [0.25, 0.3) is 0 Å². The largest absolute Gasteiger partial charge is 0.466 e. The minimum atomic E-state index is -0.406. The fourth-order valence-corrected chi connectivity index (χ4v) is 2.36. The van der Waals surface area contributed by atoms with E-state index >= 15 is 0 Å². The summed E-state index contributed by atoms with van der Waals surface area (Å²) in [7, 11) is 0. The Bertz CT molecular complexity index is 267. The zero-order valence-electron chi connectivity index (χ0n) is 13.8. The van der Waals surface area contributed by atoms with Crippen LogP contribution in [-0.2, 0) is 19.1 Å². The normalized spacial score (nSPS) is 14.2. The van der Waals surface area contributed by atoms with Crippen molar-refractivity contribution >= 4 is 11.9 Å². The van der Waals surface area contributed by atoms with E-state index in [-0.39, 0.29) is 11.9 Å². The molecule has 0 N–H and O–H groups in total. The molecule has 0 bridgehead atoms. The van der Waals surface area contributed by atoms with Crippen LogP contribution >= 0.6 is 0 Å². The van der Waals surface area contributed by atoms with Crippen LogP contribution in [0, 0.1) is 23.7 Å². The lowest BCUT2D eigenvalue weighted by atomic mass is 9.80. The van der Waals surface area contributed by atoms with Crippen molar-refractivity contribution in [3.8, 4) is 0 Å². The molecule has 0 rings (SSSR count). The van der Waals surface area contributed by atoms with E-state index in [0.717, 1.165) is 0 Å². The van der Waals surface area contributed by atoms with Crippen LogP contribution in [0.2, 0.25) is 0 Å². The van der Waals surface area contributed by atoms with Crippen molar-refractivity contribution in [3.63, 3.8) is 0 Å². The maximum absolute atomic E-state index is 12.2. The monoisotopic (exact) mass is 286 g/mol. The summed E-state index contributed by atoms with van der Waals surface area (Å²) in [5.74, 6) is -0.713. The molecule has 0 aliphatic carbocycles. The van der Waals surface area contributed by atoms with E-state index in [1.54, 1.807) is 13.8 Å². The van der Waals surface area contributed by atoms with Crippen LogP contribution in [0.3, 0.4) is 0 Å². The zero-order valence-corrected chi connectivity index (χ0v) is 13.8. The Hall–Kier alpha value is -1.06. The quantitative estimate of drug-likeness (QED) is 0.609. The molecule has 0 aliphatic rings. The molecule has 0 aromatic carbocycles. The number of hydrogen-bond acceptors (Lipinski definition) is 4. The van der Waals surface area contributed by atoms with Gasteiger partial charge in [0.15, 0.2) is 0 Å². The van der Waals surface area contributed by atoms with Gasteiger partial charge in [0, 0.05) is 0 Å². The third kappa shape index (κ3) is 6.92. The fraction of sp³-hybridized carbons (Fsp3) is 0.875. The topological polar surface area (TPSA) is 52.6 Å². The summed E-state index contributed by atoms with van der Waals surface area (Å²) < 4.78 is 10.3. The van der Waals surface area contributed by atoms with Crippen molar-refractivity contribution in [1.82, 2.24) is 0 Å². The summed E-state index contributed by atoms with van der Waals surface area (Å²) >= 11 is 0. The fourth-order valence-electron chi connectivity index (χ4n) is 2.36. The van der Waals surface area contributed by atoms with Crippen molar-refractivity contribution in [2.45, 2.75) is 54.4 Å². The van der Waals surface area contributed by atoms with Gasteiger partial charge in [0.1, 0.15) is 0 Å². The first-order chi connectivity index (χ1) is 9.33. The molecule has 4 heteroatoms. The highest BCUT2D eigenvalue weighted by molar-refractivity contribution is 5.82. The summed E-state index contributed by atoms with van der Waals surface area (Å²) in [6, 6.07) is 0. The van der Waals surface area contributed by atoms with Gasteiger partial charge in [-0.25, -0.2) is 0 Å². The van der Waals surface area contributed by atoms with Gasteiger partial charge in [0.05, 0.1) is 25.0 Å². The van der Waals surface area contributed by atoms with E-state index < -0.39 is 11.8 Å². The molecule has 20 heavy (non-hydrogen) atoms. The van der Waals surface area contributed by atoms with E-state index in [1.807, 2.05) is 27.7 Å². The molecule has 4 nitrogen and oxygen atoms in total. The Kier molecular flexibility index (Phi) is 9.26. The molecule has 118 valence electrons. The number of carbonyl (C=O) groups excluding carboxylic acids is 2. The Morgan fingerprint density at radius 3 is 1.25 bits per heavy atom. The molecule has 0 aliphatic heterocycles. The van der Waals surface area contributed by atoms with Crippen LogP contribution in [0.5, 0.6) is 0 Å². The van der Waals surface area contributed by atoms with Gasteiger partial charge in [-0.15, -0.1) is 0 Å². The number of carbonyl (C=O) groups is 2. The Balaban J connectivity index is 5.14. The molecule has 0 heterocycles. The van der Waals surface area contributed by atoms with Gasteiger partial charge in [-0.3, -0.25) is 9.59 Å². The van der Waals surface area contributed by atoms with Crippen LogP contribution in [0.15, 0.2) is 0 Å². The molecule has 0 amide bonds. The number of rotatable bonds is 9. The highest BCUT2D eigenvalue weighted by Crippen LogP contribution is 2.29. The highest BCUT2D eigenvalue weighted by Gasteiger charge is 2.36. The zero-order chi connectivity index (χ0) is 15.7. The Morgan fingerprint density at radius 2 is 1.05 bits per heavy atom. The molecule has 0 saturated carbocycles. The van der Waals surface area contributed by atoms with E-state index in [1.165, 1.54) is 0 Å². The first kappa shape index (κ1) is 18.9. The number of ether oxygens (including phenoxy) is 2. The first-order valence-corrected chi connectivity index (χ1v) is 7.66. The van der Waals surface area contributed by atoms with Gasteiger partial charge in [0.2, 0.25) is 0 Å². The third-order valence-corrected chi connectivity index (χ3v) is 3.12. The lowest BCUT2D eigenvalue weighted by Crippen LogP contribution is -2.34. The average Bonchev–Trinajstić information content (AvgIpc) is 2.33. The summed E-state index contributed by atoms with van der Waals surface area (Å²) in [6.45, 7) is 12.4. The summed E-state index contributed by atoms with van der Waals surface area (Å²) in [5.41, 5.74) is 0. The molecule has 0 spiro atoms. The molecule has 0 fully saturated rings. The maximum atomic E-state index is 12.2. The average molecular weight is 286 g/mol. The first-order valence-electron chi connectivity index (χ1n) is 7.66. The minimum Gasteiger partial charge on any atom is -0.466 e. The Morgan fingerprint density at radius 1 is 0.750 bits per heavy atom. The molecule has 0 radical (unpaired) electrons. The summed E-state index contributed by atoms with van der Waals surface area (Å²) in [6.07, 6.45) is 1.30. The molecule has 0 aromatic rings. The smallest absolute Gasteiger partial charge is 0.309 e. The van der Waals surface area contributed by atoms with Gasteiger partial charge in [-0.05, 0) is 38.5 Å². The lowest BCUT2D eigenvalue weighted by Gasteiger charge is -2.26. The molecular formula is C16H30O4. The van der Waals surface area contributed by atoms with Crippen LogP contribution < -0.4 is 0 Å². The van der Waals surface area contributed by atoms with Crippen molar-refractivity contribution in [1.29, 1.82) is 0 Å². The molecular weight excluding hydrogens is 256 g/mol. The second-order valence-corrected chi connectivity index (χ2v) is 5.98. The van der Waals surface area contributed by atoms with E-state index in [2.05, 4.69) is 0 Å². The number of esters is 2. The second-order valence-electron chi connectivity index (χ2n) is 5.98. The van der Waals surface area contributed by atoms with Crippen LogP contribution in [0.1, 0.15) is 54.4 Å². The van der Waals surface area contributed by atoms with E-state index in [0.29, 0.717) is 37.9 Å². The number of hydrogen-bond donors (Lipinski definition) is 0. The standard InChI is InChI=1S/C16H30O4/c1-7-19-15(17)13(9-11(3)4)14(10-12(5)6)16(18)20-8-2/h11-14H,7-10H2,1-6H3/t13-,14+. The van der Waals surface area contributed by atoms with E-state index in [4.69, 9.17) is 9.47 Å². The van der Waals surface area contributed by atoms with Gasteiger partial charge in [-0.1, -0.05) is 27.7 Å². The highest BCUT2D eigenvalue weighted by atomic mass is 16.5. The van der Waals surface area contributed by atoms with Crippen molar-refractivity contribution in [2.24, 2.45) is 23.7 Å². The third-order valence-electron chi connectivity index (χ3n) is 3.12. The molecule has 0 unspecified atom stereocenters. The molecule has 0 aromatic heterocycles. The summed E-state index contributed by atoms with van der Waals surface area (Å²) in [4.78, 5) is 24.4. The van der Waals surface area contributed by atoms with Gasteiger partial charge >= 0.3 is 11.9 Å². The predicted molar refractivity (Wildman–Crippen MR) is 79.2 cm³/mol. The predicted octanol–water partition coefficient (Wildman–Crippen LogP) is 3.44. The van der Waals surface area contributed by atoms with Crippen molar-refractivity contribution < 1.29 is 19.1 Å². The van der Waals surface area contributed by atoms with Crippen LogP contribution in [0.4, 0.5) is 0 Å². The van der Waals surface area contributed by atoms with Gasteiger partial charge in [-0.2, -0.15) is 0 Å². The lowest BCUT2D eigenvalue weighted by molar-refractivity contribution is -0.161. The SMILES string of the molecule is CCOC(=O)[C@@H](CC(C)C)[C@@H](CC(C)C)C(=O)OCC. The maximum Gasteiger partial charge on any atom is 0.309 e. The van der Waals surface area contributed by atoms with Crippen LogP contribution in [-0.4, -0.2) is 25.2 Å². The van der Waals surface area contributed by atoms with Gasteiger partial charge < -0.3 is 9.47 Å². The van der Waals surface area contributed by atoms with Gasteiger partial charge in [0.25, 0.3) is 0 Å². The Labute approximate surface area is 123 Å².